The van der Waals surface area contributed by atoms with Crippen molar-refractivity contribution in [2.24, 2.45) is 0 Å². The van der Waals surface area contributed by atoms with Crippen LogP contribution in [0.25, 0.3) is 16.9 Å². The lowest BCUT2D eigenvalue weighted by Gasteiger charge is -2.09. The molecule has 0 bridgehead atoms. The molecule has 5 nitrogen and oxygen atoms in total. The average molecular weight is 344 g/mol. The van der Waals surface area contributed by atoms with Gasteiger partial charge < -0.3 is 10.1 Å². The largest absolute Gasteiger partial charge is 0.497 e. The molecule has 2 aromatic carbocycles. The number of hydrogen-bond acceptors (Lipinski definition) is 4. The van der Waals surface area contributed by atoms with E-state index in [0.29, 0.717) is 5.56 Å². The maximum Gasteiger partial charge on any atom is 0.133 e. The quantitative estimate of drug-likeness (QED) is 0.775. The van der Waals surface area contributed by atoms with Crippen molar-refractivity contribution in [1.29, 1.82) is 5.26 Å². The van der Waals surface area contributed by atoms with Crippen LogP contribution in [0.3, 0.4) is 0 Å². The van der Waals surface area contributed by atoms with Gasteiger partial charge in [-0.2, -0.15) is 10.4 Å². The van der Waals surface area contributed by atoms with E-state index in [1.54, 1.807) is 7.11 Å². The van der Waals surface area contributed by atoms with Crippen LogP contribution in [-0.4, -0.2) is 23.4 Å². The average Bonchev–Trinajstić information content (AvgIpc) is 2.89. The van der Waals surface area contributed by atoms with Gasteiger partial charge in [0.05, 0.1) is 30.1 Å². The van der Waals surface area contributed by atoms with E-state index in [1.165, 1.54) is 5.56 Å². The van der Waals surface area contributed by atoms with Gasteiger partial charge in [0.1, 0.15) is 11.6 Å². The molecule has 0 fully saturated rings. The van der Waals surface area contributed by atoms with Gasteiger partial charge in [-0.3, -0.25) is 0 Å². The number of rotatable bonds is 3. The summed E-state index contributed by atoms with van der Waals surface area (Å²) in [5.41, 5.74) is 4.93. The van der Waals surface area contributed by atoms with Crippen molar-refractivity contribution in [3.63, 3.8) is 0 Å². The van der Waals surface area contributed by atoms with Crippen LogP contribution < -0.4 is 10.1 Å². The molecule has 0 saturated carbocycles. The fraction of sp³-hybridized carbons (Fsp3) is 0.238. The molecule has 0 amide bonds. The van der Waals surface area contributed by atoms with Crippen LogP contribution in [0.4, 0.5) is 5.82 Å². The maximum absolute atomic E-state index is 9.03. The summed E-state index contributed by atoms with van der Waals surface area (Å²) in [6, 6.07) is 17.7. The highest BCUT2D eigenvalue weighted by Crippen LogP contribution is 2.34. The predicted molar refractivity (Wildman–Crippen MR) is 102 cm³/mol. The highest BCUT2D eigenvalue weighted by Gasteiger charge is 2.21. The summed E-state index contributed by atoms with van der Waals surface area (Å²) in [6.07, 6.45) is 3.28. The molecule has 0 aliphatic carbocycles. The van der Waals surface area contributed by atoms with Crippen molar-refractivity contribution >= 4 is 5.82 Å². The molecule has 4 rings (SSSR count). The lowest BCUT2D eigenvalue weighted by Crippen LogP contribution is -2.07. The Morgan fingerprint density at radius 2 is 1.85 bits per heavy atom. The first-order chi connectivity index (χ1) is 12.8. The minimum Gasteiger partial charge on any atom is -0.497 e. The van der Waals surface area contributed by atoms with E-state index in [4.69, 9.17) is 15.1 Å². The van der Waals surface area contributed by atoms with Gasteiger partial charge in [-0.05, 0) is 67.8 Å². The van der Waals surface area contributed by atoms with Crippen LogP contribution in [0, 0.1) is 11.3 Å². The van der Waals surface area contributed by atoms with Gasteiger partial charge in [0.25, 0.3) is 0 Å². The first kappa shape index (κ1) is 16.2. The molecule has 1 aliphatic heterocycles. The fourth-order valence-corrected chi connectivity index (χ4v) is 3.35. The molecule has 0 radical (unpaired) electrons. The summed E-state index contributed by atoms with van der Waals surface area (Å²) >= 11 is 0. The molecular weight excluding hydrogens is 324 g/mol. The van der Waals surface area contributed by atoms with E-state index in [0.717, 1.165) is 54.3 Å². The summed E-state index contributed by atoms with van der Waals surface area (Å²) < 4.78 is 7.23. The minimum atomic E-state index is 0.648. The van der Waals surface area contributed by atoms with Gasteiger partial charge in [-0.15, -0.1) is 0 Å². The van der Waals surface area contributed by atoms with Crippen molar-refractivity contribution in [1.82, 2.24) is 9.78 Å². The molecule has 5 heteroatoms. The number of nitrogens with one attached hydrogen (secondary N) is 1. The Morgan fingerprint density at radius 3 is 2.54 bits per heavy atom. The van der Waals surface area contributed by atoms with Crippen molar-refractivity contribution in [3.8, 4) is 28.8 Å². The Morgan fingerprint density at radius 1 is 1.08 bits per heavy atom. The van der Waals surface area contributed by atoms with Crippen molar-refractivity contribution in [3.05, 3.63) is 59.7 Å². The lowest BCUT2D eigenvalue weighted by atomic mass is 10.0. The molecular formula is C21H20N4O. The molecule has 0 atom stereocenters. The van der Waals surface area contributed by atoms with E-state index in [9.17, 15) is 0 Å². The number of ether oxygens (including phenoxy) is 1. The van der Waals surface area contributed by atoms with Gasteiger partial charge >= 0.3 is 0 Å². The van der Waals surface area contributed by atoms with E-state index >= 15 is 0 Å². The monoisotopic (exact) mass is 344 g/mol. The zero-order chi connectivity index (χ0) is 17.9. The molecule has 1 aromatic heterocycles. The Kier molecular flexibility index (Phi) is 4.32. The van der Waals surface area contributed by atoms with Crippen molar-refractivity contribution in [2.45, 2.75) is 19.3 Å². The van der Waals surface area contributed by atoms with Gasteiger partial charge in [0.15, 0.2) is 0 Å². The predicted octanol–water partition coefficient (Wildman–Crippen LogP) is 4.17. The number of hydrogen-bond donors (Lipinski definition) is 1. The second-order valence-electron chi connectivity index (χ2n) is 6.36. The Bertz CT molecular complexity index is 949. The van der Waals surface area contributed by atoms with Crippen LogP contribution >= 0.6 is 0 Å². The van der Waals surface area contributed by atoms with Crippen LogP contribution in [0.15, 0.2) is 48.5 Å². The Balaban J connectivity index is 1.84. The van der Waals surface area contributed by atoms with Crippen LogP contribution in [-0.2, 0) is 6.42 Å². The lowest BCUT2D eigenvalue weighted by molar-refractivity contribution is 0.415. The summed E-state index contributed by atoms with van der Waals surface area (Å²) in [7, 11) is 1.67. The van der Waals surface area contributed by atoms with Crippen molar-refractivity contribution < 1.29 is 4.74 Å². The Hall–Kier alpha value is -3.26. The number of benzene rings is 2. The van der Waals surface area contributed by atoms with Crippen molar-refractivity contribution in [2.75, 3.05) is 19.0 Å². The summed E-state index contributed by atoms with van der Waals surface area (Å²) in [5, 5.41) is 17.5. The zero-order valence-corrected chi connectivity index (χ0v) is 14.7. The molecule has 2 heterocycles. The number of nitrogens with zero attached hydrogens (tertiary/aromatic N) is 3. The van der Waals surface area contributed by atoms with Crippen LogP contribution in [0.5, 0.6) is 5.75 Å². The summed E-state index contributed by atoms with van der Waals surface area (Å²) in [6.45, 7) is 0.941. The highest BCUT2D eigenvalue weighted by atomic mass is 16.5. The third-order valence-corrected chi connectivity index (χ3v) is 4.73. The number of methoxy groups -OCH3 is 1. The molecule has 1 aliphatic rings. The highest BCUT2D eigenvalue weighted by molar-refractivity contribution is 5.71. The van der Waals surface area contributed by atoms with E-state index in [2.05, 4.69) is 23.5 Å². The summed E-state index contributed by atoms with van der Waals surface area (Å²) in [4.78, 5) is 0. The van der Waals surface area contributed by atoms with Gasteiger partial charge in [-0.1, -0.05) is 0 Å². The first-order valence-corrected chi connectivity index (χ1v) is 8.81. The van der Waals surface area contributed by atoms with Gasteiger partial charge in [0.2, 0.25) is 0 Å². The first-order valence-electron chi connectivity index (χ1n) is 8.81. The summed E-state index contributed by atoms with van der Waals surface area (Å²) in [5.74, 6) is 1.89. The Labute approximate surface area is 152 Å². The fourth-order valence-electron chi connectivity index (χ4n) is 3.35. The normalized spacial score (nSPS) is 13.2. The van der Waals surface area contributed by atoms with E-state index < -0.39 is 0 Å². The SMILES string of the molecule is COc1ccc(-c2nn(-c3ccc(C#N)cc3)c3c2CCCCN3)cc1. The third-order valence-electron chi connectivity index (χ3n) is 4.73. The van der Waals surface area contributed by atoms with E-state index in [-0.39, 0.29) is 0 Å². The third kappa shape index (κ3) is 2.91. The number of aromatic nitrogens is 2. The van der Waals surface area contributed by atoms with E-state index in [1.807, 2.05) is 41.1 Å². The second-order valence-corrected chi connectivity index (χ2v) is 6.36. The zero-order valence-electron chi connectivity index (χ0n) is 14.7. The maximum atomic E-state index is 9.03. The smallest absolute Gasteiger partial charge is 0.133 e. The minimum absolute atomic E-state index is 0.648. The standard InChI is InChI=1S/C21H20N4O/c1-26-18-11-7-16(8-12-18)20-19-4-2-3-13-23-21(19)25(24-20)17-9-5-15(14-22)6-10-17/h5-12,23H,2-4,13H2,1H3. The number of anilines is 1. The van der Waals surface area contributed by atoms with Gasteiger partial charge in [0, 0.05) is 17.7 Å². The molecule has 1 N–H and O–H groups in total. The molecule has 0 spiro atoms. The second kappa shape index (κ2) is 6.93. The number of fused-ring (bicyclic) bond motifs is 1. The number of nitriles is 1. The molecule has 0 saturated heterocycles. The van der Waals surface area contributed by atoms with Crippen LogP contribution in [0.1, 0.15) is 24.0 Å². The molecule has 130 valence electrons. The molecule has 26 heavy (non-hydrogen) atoms. The topological polar surface area (TPSA) is 62.9 Å². The molecule has 3 aromatic rings. The molecule has 0 unspecified atom stereocenters. The van der Waals surface area contributed by atoms with Gasteiger partial charge in [-0.25, -0.2) is 4.68 Å². The van der Waals surface area contributed by atoms with Crippen LogP contribution in [0.2, 0.25) is 0 Å².